The Morgan fingerprint density at radius 2 is 2.06 bits per heavy atom. The number of carbonyl (C=O) groups is 2. The molecule has 1 saturated heterocycles. The lowest BCUT2D eigenvalue weighted by Crippen LogP contribution is -2.48. The number of aromatic nitrogens is 3. The minimum absolute atomic E-state index is 0.0589. The van der Waals surface area contributed by atoms with Crippen molar-refractivity contribution in [1.82, 2.24) is 19.9 Å². The molecule has 1 atom stereocenters. The van der Waals surface area contributed by atoms with Crippen LogP contribution in [0.2, 0.25) is 0 Å². The molecule has 1 aliphatic heterocycles. The number of hydrogen-bond acceptors (Lipinski definition) is 8. The number of carbonyl (C=O) groups excluding carboxylic acids is 2. The minimum Gasteiger partial charge on any atom is -0.490 e. The van der Waals surface area contributed by atoms with Crippen LogP contribution in [-0.4, -0.2) is 69.7 Å². The molecular weight excluding hydrogens is 459 g/mol. The molecule has 1 unspecified atom stereocenters. The summed E-state index contributed by atoms with van der Waals surface area (Å²) >= 11 is 1.26. The lowest BCUT2D eigenvalue weighted by molar-refractivity contribution is -0.137. The normalized spacial score (nSPS) is 15.7. The van der Waals surface area contributed by atoms with Gasteiger partial charge in [0.2, 0.25) is 5.91 Å². The average Bonchev–Trinajstić information content (AvgIpc) is 2.87. The number of benzene rings is 1. The number of thioether (sulfide) groups is 1. The van der Waals surface area contributed by atoms with E-state index < -0.39 is 5.82 Å². The van der Waals surface area contributed by atoms with Crippen molar-refractivity contribution in [3.63, 3.8) is 0 Å². The summed E-state index contributed by atoms with van der Waals surface area (Å²) in [7, 11) is 0. The van der Waals surface area contributed by atoms with Gasteiger partial charge in [-0.3, -0.25) is 14.6 Å². The van der Waals surface area contributed by atoms with Crippen molar-refractivity contribution in [1.29, 1.82) is 0 Å². The lowest BCUT2D eigenvalue weighted by Gasteiger charge is -2.32. The SMILES string of the molecule is CC(=O)c1cc(F)ccc1OCC1CN(C(=O)CSc2nccc(-c3ccccn3)n2)CCO1. The van der Waals surface area contributed by atoms with Crippen LogP contribution in [0.5, 0.6) is 5.75 Å². The van der Waals surface area contributed by atoms with E-state index in [1.54, 1.807) is 23.4 Å². The summed E-state index contributed by atoms with van der Waals surface area (Å²) in [6.07, 6.45) is 2.98. The van der Waals surface area contributed by atoms with E-state index in [4.69, 9.17) is 9.47 Å². The molecule has 8 nitrogen and oxygen atoms in total. The average molecular weight is 483 g/mol. The summed E-state index contributed by atoms with van der Waals surface area (Å²) < 4.78 is 24.9. The van der Waals surface area contributed by atoms with Gasteiger partial charge in [-0.25, -0.2) is 14.4 Å². The maximum absolute atomic E-state index is 13.5. The molecule has 0 bridgehead atoms. The molecule has 34 heavy (non-hydrogen) atoms. The van der Waals surface area contributed by atoms with Gasteiger partial charge < -0.3 is 14.4 Å². The lowest BCUT2D eigenvalue weighted by atomic mass is 10.1. The number of amides is 1. The summed E-state index contributed by atoms with van der Waals surface area (Å²) in [6.45, 7) is 2.69. The first-order chi connectivity index (χ1) is 16.5. The van der Waals surface area contributed by atoms with Crippen LogP contribution < -0.4 is 4.74 Å². The maximum atomic E-state index is 13.5. The van der Waals surface area contributed by atoms with Crippen LogP contribution in [0.25, 0.3) is 11.4 Å². The Bertz CT molecular complexity index is 1160. The van der Waals surface area contributed by atoms with Gasteiger partial charge in [-0.2, -0.15) is 0 Å². The van der Waals surface area contributed by atoms with Crippen LogP contribution in [0, 0.1) is 5.82 Å². The number of halogens is 1. The van der Waals surface area contributed by atoms with Crippen molar-refractivity contribution in [3.8, 4) is 17.1 Å². The Morgan fingerprint density at radius 1 is 1.18 bits per heavy atom. The molecule has 0 spiro atoms. The van der Waals surface area contributed by atoms with Crippen LogP contribution in [0.15, 0.2) is 60.0 Å². The van der Waals surface area contributed by atoms with Crippen LogP contribution in [0.4, 0.5) is 4.39 Å². The van der Waals surface area contributed by atoms with E-state index in [1.807, 2.05) is 18.2 Å². The molecule has 4 rings (SSSR count). The summed E-state index contributed by atoms with van der Waals surface area (Å²) in [5, 5.41) is 0.498. The summed E-state index contributed by atoms with van der Waals surface area (Å²) in [5.74, 6) is -0.374. The molecule has 3 aromatic rings. The Morgan fingerprint density at radius 3 is 2.85 bits per heavy atom. The van der Waals surface area contributed by atoms with E-state index in [1.165, 1.54) is 30.8 Å². The number of ether oxygens (including phenoxy) is 2. The smallest absolute Gasteiger partial charge is 0.233 e. The molecule has 0 saturated carbocycles. The minimum atomic E-state index is -0.504. The van der Waals surface area contributed by atoms with Gasteiger partial charge in [-0.1, -0.05) is 17.8 Å². The Kier molecular flexibility index (Phi) is 7.81. The second-order valence-corrected chi connectivity index (χ2v) is 8.51. The standard InChI is InChI=1S/C24H23FN4O4S/c1-16(30)19-12-17(25)5-6-22(19)33-14-18-13-29(10-11-32-18)23(31)15-34-24-27-9-7-21(28-24)20-4-2-3-8-26-20/h2-9,12,18H,10-11,13-15H2,1H3. The van der Waals surface area contributed by atoms with Gasteiger partial charge in [0.25, 0.3) is 0 Å². The van der Waals surface area contributed by atoms with Gasteiger partial charge in [0.1, 0.15) is 24.3 Å². The highest BCUT2D eigenvalue weighted by atomic mass is 32.2. The third-order valence-electron chi connectivity index (χ3n) is 5.12. The molecule has 3 heterocycles. The van der Waals surface area contributed by atoms with Crippen LogP contribution in [0.3, 0.4) is 0 Å². The molecule has 0 aliphatic carbocycles. The maximum Gasteiger partial charge on any atom is 0.233 e. The molecule has 0 radical (unpaired) electrons. The predicted molar refractivity (Wildman–Crippen MR) is 124 cm³/mol. The summed E-state index contributed by atoms with van der Waals surface area (Å²) in [6, 6.07) is 11.2. The first-order valence-corrected chi connectivity index (χ1v) is 11.7. The quantitative estimate of drug-likeness (QED) is 0.274. The second kappa shape index (κ2) is 11.2. The molecule has 10 heteroatoms. The number of nitrogens with zero attached hydrogens (tertiary/aromatic N) is 4. The Balaban J connectivity index is 1.31. The molecule has 176 valence electrons. The van der Waals surface area contributed by atoms with Crippen molar-refractivity contribution < 1.29 is 23.5 Å². The van der Waals surface area contributed by atoms with Crippen molar-refractivity contribution in [2.45, 2.75) is 18.2 Å². The number of rotatable bonds is 8. The molecule has 1 amide bonds. The van der Waals surface area contributed by atoms with E-state index in [9.17, 15) is 14.0 Å². The van der Waals surface area contributed by atoms with Gasteiger partial charge in [-0.15, -0.1) is 0 Å². The van der Waals surface area contributed by atoms with Crippen LogP contribution in [-0.2, 0) is 9.53 Å². The van der Waals surface area contributed by atoms with Crippen LogP contribution >= 0.6 is 11.8 Å². The zero-order chi connectivity index (χ0) is 23.9. The number of ketones is 1. The van der Waals surface area contributed by atoms with Crippen LogP contribution in [0.1, 0.15) is 17.3 Å². The zero-order valence-electron chi connectivity index (χ0n) is 18.5. The van der Waals surface area contributed by atoms with Gasteiger partial charge in [0.05, 0.1) is 35.9 Å². The summed E-state index contributed by atoms with van der Waals surface area (Å²) in [4.78, 5) is 39.3. The third kappa shape index (κ3) is 6.15. The fourth-order valence-electron chi connectivity index (χ4n) is 3.42. The van der Waals surface area contributed by atoms with Gasteiger partial charge >= 0.3 is 0 Å². The first kappa shape index (κ1) is 23.8. The Hall–Kier alpha value is -3.37. The predicted octanol–water partition coefficient (Wildman–Crippen LogP) is 3.28. The van der Waals surface area contributed by atoms with Gasteiger partial charge in [-0.05, 0) is 43.3 Å². The number of pyridine rings is 1. The third-order valence-corrected chi connectivity index (χ3v) is 5.97. The highest BCUT2D eigenvalue weighted by molar-refractivity contribution is 7.99. The topological polar surface area (TPSA) is 94.5 Å². The fraction of sp³-hybridized carbons (Fsp3) is 0.292. The molecule has 0 N–H and O–H groups in total. The van der Waals surface area contributed by atoms with Crippen molar-refractivity contribution in [2.75, 3.05) is 32.1 Å². The highest BCUT2D eigenvalue weighted by Gasteiger charge is 2.25. The van der Waals surface area contributed by atoms with E-state index >= 15 is 0 Å². The summed E-state index contributed by atoms with van der Waals surface area (Å²) in [5.41, 5.74) is 1.61. The number of Topliss-reactive ketones (excluding diaryl/α,β-unsaturated/α-hetero) is 1. The van der Waals surface area contributed by atoms with Crippen molar-refractivity contribution in [2.24, 2.45) is 0 Å². The Labute approximate surface area is 200 Å². The zero-order valence-corrected chi connectivity index (χ0v) is 19.3. The van der Waals surface area contributed by atoms with E-state index in [2.05, 4.69) is 15.0 Å². The van der Waals surface area contributed by atoms with Gasteiger partial charge in [0.15, 0.2) is 10.9 Å². The molecule has 1 fully saturated rings. The highest BCUT2D eigenvalue weighted by Crippen LogP contribution is 2.22. The molecular formula is C24H23FN4O4S. The monoisotopic (exact) mass is 482 g/mol. The number of hydrogen-bond donors (Lipinski definition) is 0. The first-order valence-electron chi connectivity index (χ1n) is 10.7. The number of morpholine rings is 1. The van der Waals surface area contributed by atoms with E-state index in [-0.39, 0.29) is 35.7 Å². The van der Waals surface area contributed by atoms with Gasteiger partial charge in [0, 0.05) is 18.9 Å². The van der Waals surface area contributed by atoms with Crippen molar-refractivity contribution >= 4 is 23.5 Å². The van der Waals surface area contributed by atoms with E-state index in [0.29, 0.717) is 36.3 Å². The molecule has 1 aliphatic rings. The van der Waals surface area contributed by atoms with Crippen molar-refractivity contribution in [3.05, 3.63) is 66.2 Å². The second-order valence-electron chi connectivity index (χ2n) is 7.57. The van der Waals surface area contributed by atoms with E-state index in [0.717, 1.165) is 11.8 Å². The molecule has 1 aromatic carbocycles. The fourth-order valence-corrected chi connectivity index (χ4v) is 4.15. The largest absolute Gasteiger partial charge is 0.490 e. The molecule has 2 aromatic heterocycles.